The van der Waals surface area contributed by atoms with Crippen LogP contribution in [0.15, 0.2) is 12.5 Å². The van der Waals surface area contributed by atoms with Gasteiger partial charge in [0.05, 0.1) is 57.1 Å². The van der Waals surface area contributed by atoms with Gasteiger partial charge in [0.15, 0.2) is 5.96 Å². The number of unbranched alkanes of at least 4 members (excludes halogenated alkanes) is 1. The van der Waals surface area contributed by atoms with E-state index in [1.807, 2.05) is 5.32 Å². The topological polar surface area (TPSA) is 939 Å². The van der Waals surface area contributed by atoms with Gasteiger partial charge in [-0.05, 0) is 102 Å². The summed E-state index contributed by atoms with van der Waals surface area (Å²) in [5.74, 6) is -32.2. The lowest BCUT2D eigenvalue weighted by Crippen LogP contribution is -2.60. The highest BCUT2D eigenvalue weighted by Gasteiger charge is 2.40. The van der Waals surface area contributed by atoms with Gasteiger partial charge in [0, 0.05) is 57.8 Å². The number of aromatic nitrogens is 2. The predicted molar refractivity (Wildman–Crippen MR) is 462 cm³/mol. The van der Waals surface area contributed by atoms with Crippen LogP contribution >= 0.6 is 0 Å². The molecule has 1 aliphatic rings. The van der Waals surface area contributed by atoms with E-state index in [1.165, 1.54) is 26.4 Å². The molecule has 57 nitrogen and oxygen atoms in total. The van der Waals surface area contributed by atoms with Crippen LogP contribution in [0.1, 0.15) is 169 Å². The van der Waals surface area contributed by atoms with Gasteiger partial charge in [0.25, 0.3) is 0 Å². The maximum atomic E-state index is 14.1. The summed E-state index contributed by atoms with van der Waals surface area (Å²) in [5, 5.41) is 103. The van der Waals surface area contributed by atoms with Gasteiger partial charge in [-0.25, -0.2) is 9.78 Å². The van der Waals surface area contributed by atoms with Gasteiger partial charge >= 0.3 is 35.8 Å². The number of aromatic amines is 1. The first-order valence-corrected chi connectivity index (χ1v) is 42.8. The lowest BCUT2D eigenvalue weighted by molar-refractivity contribution is -0.143. The van der Waals surface area contributed by atoms with Crippen LogP contribution in [-0.2, 0) is 126 Å². The van der Waals surface area contributed by atoms with Crippen LogP contribution in [0, 0.1) is 17.2 Å². The van der Waals surface area contributed by atoms with Crippen molar-refractivity contribution in [3.05, 3.63) is 18.2 Å². The van der Waals surface area contributed by atoms with Crippen molar-refractivity contribution >= 4 is 154 Å². The van der Waals surface area contributed by atoms with Crippen LogP contribution in [0.4, 0.5) is 0 Å². The van der Waals surface area contributed by atoms with E-state index < -0.39 is 354 Å². The molecule has 2 heterocycles. The van der Waals surface area contributed by atoms with E-state index in [1.54, 1.807) is 13.8 Å². The number of carboxylic acids is 6. The fourth-order valence-electron chi connectivity index (χ4n) is 12.8. The van der Waals surface area contributed by atoms with Gasteiger partial charge in [0.1, 0.15) is 78.5 Å². The van der Waals surface area contributed by atoms with Crippen molar-refractivity contribution in [1.82, 2.24) is 105 Å². The Labute approximate surface area is 771 Å². The van der Waals surface area contributed by atoms with Crippen LogP contribution < -0.4 is 119 Å². The number of carbonyl (C=O) groups excluding carboxylic acids is 19. The van der Waals surface area contributed by atoms with Crippen molar-refractivity contribution in [3.63, 3.8) is 0 Å². The number of rotatable bonds is 66. The molecule has 0 unspecified atom stereocenters. The SMILES string of the molecule is CC[C@H](C)[C@H](N)C(=O)N[C@@H](CCC(=O)O)C(=O)NCC(=O)N[C@H](C(=O)N[C@@H](CC(=O)O)C(=O)N[C@@H](C)C(=O)N[C@@H](CCC(=O)O)C(=O)N[C@@H](CC(=O)O)C(=O)NCC(=O)N[C@@H](Cc1c[nH]cn1)C(=O)NCC(=O)N1CCC[C@H]1C(=O)NCC(=O)N[C@@H](CCC(=O)O)C(=O)N[C@@H](CCC(N)=O)C(=O)N[C@@H](CCC(N)=O)C(=O)N[C@@H](CCCCN)C(=O)N[C@@H](CCCNC(=N)N)C(=O)O)C(C)C. The monoisotopic (exact) mass is 1920 g/mol. The summed E-state index contributed by atoms with van der Waals surface area (Å²) in [5.41, 5.74) is 27.8. The molecule has 2 rings (SSSR count). The Kier molecular flexibility index (Phi) is 51.9. The fraction of sp³-hybridized carbons (Fsp3) is 0.628. The molecule has 1 saturated heterocycles. The van der Waals surface area contributed by atoms with E-state index in [4.69, 9.17) is 34.1 Å². The largest absolute Gasteiger partial charge is 0.481 e. The van der Waals surface area contributed by atoms with Crippen molar-refractivity contribution < 1.29 is 151 Å². The maximum absolute atomic E-state index is 14.1. The Morgan fingerprint density at radius 2 is 0.830 bits per heavy atom. The second-order valence-corrected chi connectivity index (χ2v) is 31.6. The molecule has 35 N–H and O–H groups in total. The van der Waals surface area contributed by atoms with Crippen LogP contribution in [0.25, 0.3) is 0 Å². The Balaban J connectivity index is 2.26. The Hall–Kier alpha value is -14.8. The first-order chi connectivity index (χ1) is 63.4. The van der Waals surface area contributed by atoms with Gasteiger partial charge < -0.3 is 160 Å². The zero-order chi connectivity index (χ0) is 102. The summed E-state index contributed by atoms with van der Waals surface area (Å²) in [6.45, 7) is 3.57. The van der Waals surface area contributed by atoms with Gasteiger partial charge in [-0.1, -0.05) is 34.1 Å². The van der Waals surface area contributed by atoms with Crippen LogP contribution in [0.2, 0.25) is 0 Å². The summed E-state index contributed by atoms with van der Waals surface area (Å²) in [6, 6.07) is -23.5. The summed E-state index contributed by atoms with van der Waals surface area (Å²) in [6.07, 6.45) is -5.91. The highest BCUT2D eigenvalue weighted by molar-refractivity contribution is 6.02. The molecule has 19 amide bonds. The zero-order valence-electron chi connectivity index (χ0n) is 74.9. The van der Waals surface area contributed by atoms with Gasteiger partial charge in [-0.15, -0.1) is 0 Å². The standard InChI is InChI=1S/C78H124N26O31/c1-6-37(4)62(82)75(132)99-41(16-21-57(111)112)65(122)87-33-55(109)103-63(36(2)3)76(133)102-49(29-61(119)120)73(130)92-38(5)64(121)95-45(18-23-59(115)116)72(129)101-48(28-60(117)118)67(124)88-31-54(108)94-47(27-39-30-85-35-91-39)66(123)90-34-56(110)104-26-10-13-50(104)74(131)89-32-53(107)93-42(17-22-58(113)114)69(126)97-44(15-20-52(81)106)71(128)98-43(14-19-51(80)105)70(127)96-40(11-7-8-24-79)68(125)100-46(77(134)135)12-9-25-86-78(83)84/h30,35-38,40-50,62-63H,6-29,31-34,79,82H2,1-5H3,(H2,80,105)(H2,81,106)(H,85,91)(H,87,122)(H,88,124)(H,89,131)(H,90,123)(H,92,130)(H,93,107)(H,94,108)(H,95,121)(H,96,127)(H,97,126)(H,98,128)(H,99,132)(H,100,125)(H,101,129)(H,102,133)(H,103,109)(H,111,112)(H,113,114)(H,115,116)(H,117,118)(H,119,120)(H,134,135)(H4,83,84,86)/t37-,38-,40-,41-,42-,43-,44-,45-,46-,47-,48-,49-,50-,62-,63-/m0/s1. The minimum absolute atomic E-state index is 0.0282. The van der Waals surface area contributed by atoms with E-state index in [0.29, 0.717) is 12.8 Å². The number of nitrogens with two attached hydrogens (primary N) is 5. The van der Waals surface area contributed by atoms with Crippen molar-refractivity contribution in [2.24, 2.45) is 40.5 Å². The normalized spacial score (nSPS) is 15.1. The van der Waals surface area contributed by atoms with E-state index in [2.05, 4.69) is 95.0 Å². The van der Waals surface area contributed by atoms with E-state index in [0.717, 1.165) is 11.8 Å². The first kappa shape index (κ1) is 116. The first-order valence-electron chi connectivity index (χ1n) is 42.8. The van der Waals surface area contributed by atoms with Crippen molar-refractivity contribution in [1.29, 1.82) is 5.41 Å². The third kappa shape index (κ3) is 45.7. The molecule has 0 saturated carbocycles. The number of nitrogens with one attached hydrogen (secondary N) is 19. The maximum Gasteiger partial charge on any atom is 0.326 e. The summed E-state index contributed by atoms with van der Waals surface area (Å²) in [7, 11) is 0. The smallest absolute Gasteiger partial charge is 0.326 e. The fourth-order valence-corrected chi connectivity index (χ4v) is 12.8. The second kappa shape index (κ2) is 60.3. The van der Waals surface area contributed by atoms with Gasteiger partial charge in [0.2, 0.25) is 112 Å². The number of hydrogen-bond acceptors (Lipinski definition) is 29. The molecule has 57 heteroatoms. The molecule has 0 aromatic carbocycles. The molecule has 0 bridgehead atoms. The molecule has 1 aromatic heterocycles. The highest BCUT2D eigenvalue weighted by Crippen LogP contribution is 2.19. The Bertz CT molecular complexity index is 4380. The lowest BCUT2D eigenvalue weighted by Gasteiger charge is -2.27. The predicted octanol–water partition coefficient (Wildman–Crippen LogP) is -12.2. The number of carboxylic acid groups (broad SMARTS) is 6. The number of nitrogens with zero attached hydrogens (tertiary/aromatic N) is 2. The number of carbonyl (C=O) groups is 25. The van der Waals surface area contributed by atoms with E-state index in [9.17, 15) is 151 Å². The average Bonchev–Trinajstić information content (AvgIpc) is 1.74. The summed E-state index contributed by atoms with van der Waals surface area (Å²) < 4.78 is 0. The number of primary amides is 2. The Morgan fingerprint density at radius 3 is 1.28 bits per heavy atom. The third-order valence-corrected chi connectivity index (χ3v) is 20.4. The number of amides is 19. The highest BCUT2D eigenvalue weighted by atomic mass is 16.4. The van der Waals surface area contributed by atoms with Crippen LogP contribution in [0.3, 0.4) is 0 Å². The summed E-state index contributed by atoms with van der Waals surface area (Å²) in [4.78, 5) is 335. The number of guanidine groups is 1. The minimum Gasteiger partial charge on any atom is -0.481 e. The molecule has 0 aliphatic carbocycles. The third-order valence-electron chi connectivity index (χ3n) is 20.4. The number of likely N-dealkylation sites (tertiary alicyclic amines) is 1. The van der Waals surface area contributed by atoms with Crippen molar-refractivity contribution in [3.8, 4) is 0 Å². The number of aliphatic carboxylic acids is 6. The second-order valence-electron chi connectivity index (χ2n) is 31.6. The molecule has 1 fully saturated rings. The molecule has 15 atom stereocenters. The van der Waals surface area contributed by atoms with Gasteiger partial charge in [-0.2, -0.15) is 0 Å². The molecule has 135 heavy (non-hydrogen) atoms. The number of H-pyrrole nitrogens is 1. The quantitative estimate of drug-likeness (QED) is 0.0164. The minimum atomic E-state index is -2.13. The molecule has 0 radical (unpaired) electrons. The van der Waals surface area contributed by atoms with Crippen LogP contribution in [-0.4, -0.2) is 330 Å². The molecule has 1 aromatic rings. The van der Waals surface area contributed by atoms with E-state index >= 15 is 0 Å². The molecular weight excluding hydrogens is 1800 g/mol. The van der Waals surface area contributed by atoms with Crippen molar-refractivity contribution in [2.75, 3.05) is 45.8 Å². The molecule has 0 spiro atoms. The zero-order valence-corrected chi connectivity index (χ0v) is 74.9. The number of imidazole rings is 1. The molecular formula is C78H124N26O31. The summed E-state index contributed by atoms with van der Waals surface area (Å²) >= 11 is 0. The Morgan fingerprint density at radius 1 is 0.437 bits per heavy atom. The van der Waals surface area contributed by atoms with Gasteiger partial charge in [-0.3, -0.25) is 120 Å². The van der Waals surface area contributed by atoms with E-state index in [-0.39, 0.29) is 69.8 Å². The molecule has 1 aliphatic heterocycles. The average molecular weight is 1920 g/mol. The van der Waals surface area contributed by atoms with Crippen molar-refractivity contribution in [2.45, 2.75) is 254 Å². The number of hydrogen-bond donors (Lipinski definition) is 30. The molecule has 752 valence electrons. The lowest BCUT2D eigenvalue weighted by atomic mass is 9.98. The van der Waals surface area contributed by atoms with Crippen LogP contribution in [0.5, 0.6) is 0 Å².